The molecule has 2 amide bonds. The molecule has 7 nitrogen and oxygen atoms in total. The van der Waals surface area contributed by atoms with Crippen LogP contribution in [-0.2, 0) is 4.79 Å². The summed E-state index contributed by atoms with van der Waals surface area (Å²) in [4.78, 5) is 31.1. The number of amides is 2. The minimum Gasteiger partial charge on any atom is -0.457 e. The maximum Gasteiger partial charge on any atom is 0.255 e. The summed E-state index contributed by atoms with van der Waals surface area (Å²) in [6.07, 6.45) is 16.0. The van der Waals surface area contributed by atoms with E-state index in [1.807, 2.05) is 59.5 Å². The fourth-order valence-electron chi connectivity index (χ4n) is 8.09. The molecule has 43 heavy (non-hydrogen) atoms. The molecule has 0 aromatic heterocycles. The number of ether oxygens (including phenoxy) is 1. The highest BCUT2D eigenvalue weighted by molar-refractivity contribution is 6.08. The summed E-state index contributed by atoms with van der Waals surface area (Å²) >= 11 is 0. The lowest BCUT2D eigenvalue weighted by atomic mass is 9.73. The van der Waals surface area contributed by atoms with E-state index in [1.165, 1.54) is 64.2 Å². The third kappa shape index (κ3) is 7.08. The van der Waals surface area contributed by atoms with Gasteiger partial charge in [0.1, 0.15) is 17.0 Å². The molecule has 7 heteroatoms. The monoisotopic (exact) mass is 584 g/mol. The van der Waals surface area contributed by atoms with Crippen molar-refractivity contribution in [3.8, 4) is 11.5 Å². The zero-order valence-electron chi connectivity index (χ0n) is 25.6. The fraction of sp³-hybridized carbons (Fsp3) is 0.583. The van der Waals surface area contributed by atoms with Crippen LogP contribution in [0.4, 0.5) is 0 Å². The largest absolute Gasteiger partial charge is 0.457 e. The first-order valence-corrected chi connectivity index (χ1v) is 16.8. The van der Waals surface area contributed by atoms with E-state index in [4.69, 9.17) is 10.1 Å². The van der Waals surface area contributed by atoms with E-state index in [0.717, 1.165) is 38.0 Å². The van der Waals surface area contributed by atoms with Crippen LogP contribution < -0.4 is 10.1 Å². The Bertz CT molecular complexity index is 1230. The Hall–Kier alpha value is -3.35. The minimum absolute atomic E-state index is 0.0411. The van der Waals surface area contributed by atoms with Gasteiger partial charge in [0.2, 0.25) is 0 Å². The van der Waals surface area contributed by atoms with Gasteiger partial charge in [-0.2, -0.15) is 0 Å². The molecule has 0 radical (unpaired) electrons. The molecule has 2 aliphatic carbocycles. The zero-order chi connectivity index (χ0) is 29.6. The predicted octanol–water partition coefficient (Wildman–Crippen LogP) is 7.38. The standard InChI is InChI=1S/C36H48N4O3/c37-35-38-36(24-27-10-4-1-5-11-27,25-28-12-6-2-7-13-28)34(42)40(35)23-21-29-20-22-39(26-29)33(41)30-16-18-32(19-17-30)43-31-14-8-3-9-15-31/h3,8-9,14-19,27-29H,1-2,4-7,10-13,20-26H2,(H2,37,38). The summed E-state index contributed by atoms with van der Waals surface area (Å²) in [5, 5.41) is 12.3. The van der Waals surface area contributed by atoms with E-state index in [-0.39, 0.29) is 11.8 Å². The SMILES string of the molecule is N=C1NC(CC2CCCCC2)(CC2CCCCC2)C(=O)N1CCC1CCN(C(=O)c2ccc(Oc3ccccc3)cc2)C1. The van der Waals surface area contributed by atoms with Gasteiger partial charge in [0, 0.05) is 25.2 Å². The molecule has 2 saturated carbocycles. The van der Waals surface area contributed by atoms with E-state index >= 15 is 0 Å². The molecule has 230 valence electrons. The Kier molecular flexibility index (Phi) is 9.34. The molecule has 0 spiro atoms. The van der Waals surface area contributed by atoms with Crippen LogP contribution in [0.25, 0.3) is 0 Å². The number of likely N-dealkylation sites (tertiary alicyclic amines) is 1. The second kappa shape index (κ2) is 13.5. The average Bonchev–Trinajstić information content (AvgIpc) is 3.59. The molecule has 4 aliphatic rings. The van der Waals surface area contributed by atoms with Crippen molar-refractivity contribution >= 4 is 17.8 Å². The molecular weight excluding hydrogens is 536 g/mol. The number of guanidine groups is 1. The molecule has 1 atom stereocenters. The van der Waals surface area contributed by atoms with Crippen molar-refractivity contribution in [2.75, 3.05) is 19.6 Å². The number of rotatable bonds is 10. The first-order chi connectivity index (χ1) is 21.0. The number of hydrogen-bond donors (Lipinski definition) is 2. The molecule has 6 rings (SSSR count). The highest BCUT2D eigenvalue weighted by Crippen LogP contribution is 2.40. The number of carbonyl (C=O) groups excluding carboxylic acids is 2. The number of nitrogens with zero attached hydrogens (tertiary/aromatic N) is 2. The first-order valence-electron chi connectivity index (χ1n) is 16.8. The Balaban J connectivity index is 1.04. The van der Waals surface area contributed by atoms with Crippen LogP contribution >= 0.6 is 0 Å². The smallest absolute Gasteiger partial charge is 0.255 e. The van der Waals surface area contributed by atoms with E-state index in [1.54, 1.807) is 4.90 Å². The van der Waals surface area contributed by atoms with Crippen LogP contribution in [0.1, 0.15) is 100 Å². The molecule has 0 bridgehead atoms. The summed E-state index contributed by atoms with van der Waals surface area (Å²) < 4.78 is 5.87. The van der Waals surface area contributed by atoms with Gasteiger partial charge in [-0.1, -0.05) is 82.4 Å². The van der Waals surface area contributed by atoms with Crippen molar-refractivity contribution < 1.29 is 14.3 Å². The lowest BCUT2D eigenvalue weighted by Gasteiger charge is -2.36. The predicted molar refractivity (Wildman–Crippen MR) is 169 cm³/mol. The molecule has 2 N–H and O–H groups in total. The van der Waals surface area contributed by atoms with Gasteiger partial charge in [-0.3, -0.25) is 19.9 Å². The number of hydrogen-bond acceptors (Lipinski definition) is 4. The molecular formula is C36H48N4O3. The Morgan fingerprint density at radius 3 is 2.05 bits per heavy atom. The molecule has 2 saturated heterocycles. The first kappa shape index (κ1) is 29.7. The lowest BCUT2D eigenvalue weighted by molar-refractivity contribution is -0.132. The highest BCUT2D eigenvalue weighted by atomic mass is 16.5. The number of nitrogens with one attached hydrogen (secondary N) is 2. The Morgan fingerprint density at radius 1 is 0.814 bits per heavy atom. The third-order valence-corrected chi connectivity index (χ3v) is 10.4. The maximum absolute atomic E-state index is 14.1. The fourth-order valence-corrected chi connectivity index (χ4v) is 8.09. The van der Waals surface area contributed by atoms with Crippen molar-refractivity contribution in [1.82, 2.24) is 15.1 Å². The molecule has 2 heterocycles. The van der Waals surface area contributed by atoms with Crippen molar-refractivity contribution in [3.63, 3.8) is 0 Å². The van der Waals surface area contributed by atoms with Crippen molar-refractivity contribution in [2.24, 2.45) is 17.8 Å². The van der Waals surface area contributed by atoms with Crippen LogP contribution in [0.2, 0.25) is 0 Å². The van der Waals surface area contributed by atoms with Crippen LogP contribution in [-0.4, -0.2) is 52.7 Å². The van der Waals surface area contributed by atoms with E-state index < -0.39 is 5.54 Å². The quantitative estimate of drug-likeness (QED) is 0.305. The number of carbonyl (C=O) groups is 2. The van der Waals surface area contributed by atoms with Gasteiger partial charge in [0.05, 0.1) is 0 Å². The molecule has 2 aliphatic heterocycles. The van der Waals surface area contributed by atoms with E-state index in [9.17, 15) is 9.59 Å². The molecule has 1 unspecified atom stereocenters. The maximum atomic E-state index is 14.1. The average molecular weight is 585 g/mol. The van der Waals surface area contributed by atoms with Gasteiger partial charge in [0.15, 0.2) is 5.96 Å². The molecule has 2 aromatic carbocycles. The van der Waals surface area contributed by atoms with Gasteiger partial charge in [-0.15, -0.1) is 0 Å². The summed E-state index contributed by atoms with van der Waals surface area (Å²) in [7, 11) is 0. The van der Waals surface area contributed by atoms with Gasteiger partial charge in [-0.25, -0.2) is 0 Å². The number of para-hydroxylation sites is 1. The van der Waals surface area contributed by atoms with Gasteiger partial charge in [-0.05, 0) is 79.8 Å². The molecule has 2 aromatic rings. The van der Waals surface area contributed by atoms with Crippen molar-refractivity contribution in [1.29, 1.82) is 5.41 Å². The van der Waals surface area contributed by atoms with Crippen LogP contribution in [0.5, 0.6) is 11.5 Å². The van der Waals surface area contributed by atoms with Crippen molar-refractivity contribution in [2.45, 2.75) is 95.4 Å². The Labute approximate surface area is 256 Å². The van der Waals surface area contributed by atoms with E-state index in [0.29, 0.717) is 48.1 Å². The topological polar surface area (TPSA) is 85.7 Å². The van der Waals surface area contributed by atoms with Crippen LogP contribution in [0.15, 0.2) is 54.6 Å². The third-order valence-electron chi connectivity index (χ3n) is 10.4. The number of benzene rings is 2. The second-order valence-electron chi connectivity index (χ2n) is 13.6. The lowest BCUT2D eigenvalue weighted by Crippen LogP contribution is -2.50. The van der Waals surface area contributed by atoms with Crippen LogP contribution in [0.3, 0.4) is 0 Å². The van der Waals surface area contributed by atoms with Gasteiger partial charge in [0.25, 0.3) is 11.8 Å². The van der Waals surface area contributed by atoms with E-state index in [2.05, 4.69) is 5.32 Å². The van der Waals surface area contributed by atoms with Gasteiger partial charge >= 0.3 is 0 Å². The van der Waals surface area contributed by atoms with Crippen LogP contribution in [0, 0.1) is 23.2 Å². The zero-order valence-corrected chi connectivity index (χ0v) is 25.6. The second-order valence-corrected chi connectivity index (χ2v) is 13.6. The van der Waals surface area contributed by atoms with Gasteiger partial charge < -0.3 is 15.0 Å². The van der Waals surface area contributed by atoms with Crippen molar-refractivity contribution in [3.05, 3.63) is 60.2 Å². The molecule has 4 fully saturated rings. The summed E-state index contributed by atoms with van der Waals surface area (Å²) in [5.41, 5.74) is 0.0618. The Morgan fingerprint density at radius 2 is 1.42 bits per heavy atom. The normalized spacial score (nSPS) is 23.0. The summed E-state index contributed by atoms with van der Waals surface area (Å²) in [6, 6.07) is 17.0. The summed E-state index contributed by atoms with van der Waals surface area (Å²) in [6.45, 7) is 1.97. The summed E-state index contributed by atoms with van der Waals surface area (Å²) in [5.74, 6) is 3.43. The highest BCUT2D eigenvalue weighted by Gasteiger charge is 2.51. The minimum atomic E-state index is -0.602.